The van der Waals surface area contributed by atoms with Crippen LogP contribution in [0.25, 0.3) is 0 Å². The number of hydrogen-bond donors (Lipinski definition) is 1. The van der Waals surface area contributed by atoms with Gasteiger partial charge in [0.15, 0.2) is 4.67 Å². The van der Waals surface area contributed by atoms with Crippen molar-refractivity contribution in [1.82, 2.24) is 5.32 Å². The van der Waals surface area contributed by atoms with E-state index in [1.807, 2.05) is 26.0 Å². The molecule has 0 saturated carbocycles. The molecule has 1 N–H and O–H groups in total. The van der Waals surface area contributed by atoms with Gasteiger partial charge >= 0.3 is 0 Å². The van der Waals surface area contributed by atoms with E-state index in [0.717, 1.165) is 22.7 Å². The number of nitrogens with one attached hydrogen (secondary N) is 1. The number of halogens is 1. The van der Waals surface area contributed by atoms with Crippen molar-refractivity contribution in [1.29, 1.82) is 0 Å². The molecule has 1 heterocycles. The van der Waals surface area contributed by atoms with Crippen LogP contribution in [0.4, 0.5) is 0 Å². The summed E-state index contributed by atoms with van der Waals surface area (Å²) in [6, 6.07) is 3.96. The fourth-order valence-corrected chi connectivity index (χ4v) is 2.15. The summed E-state index contributed by atoms with van der Waals surface area (Å²) in [7, 11) is -0.697. The number of hydrogen-bond acceptors (Lipinski definition) is 3. The van der Waals surface area contributed by atoms with Crippen LogP contribution in [0.15, 0.2) is 21.2 Å². The van der Waals surface area contributed by atoms with E-state index in [1.54, 1.807) is 0 Å². The monoisotopic (exact) mass is 293 g/mol. The first kappa shape index (κ1) is 12.9. The molecule has 2 atom stereocenters. The molecular formula is C10H16BrNO2S. The standard InChI is InChI=1S/C10H16BrNO2S/c1-3-15(13)7-6-12-8(2)9-4-5-10(11)14-9/h4-5,8,12H,3,6-7H2,1-2H3. The Kier molecular flexibility index (Phi) is 5.56. The van der Waals surface area contributed by atoms with Gasteiger partial charge in [0.05, 0.1) is 6.04 Å². The highest BCUT2D eigenvalue weighted by atomic mass is 79.9. The van der Waals surface area contributed by atoms with E-state index in [1.165, 1.54) is 0 Å². The molecule has 86 valence electrons. The van der Waals surface area contributed by atoms with Crippen molar-refractivity contribution >= 4 is 26.7 Å². The normalized spacial score (nSPS) is 15.1. The lowest BCUT2D eigenvalue weighted by Crippen LogP contribution is -2.23. The average Bonchev–Trinajstić information content (AvgIpc) is 2.64. The Bertz CT molecular complexity index is 327. The first-order valence-corrected chi connectivity index (χ1v) is 7.25. The molecule has 0 aliphatic carbocycles. The van der Waals surface area contributed by atoms with Gasteiger partial charge in [0.25, 0.3) is 0 Å². The molecule has 2 unspecified atom stereocenters. The topological polar surface area (TPSA) is 42.2 Å². The lowest BCUT2D eigenvalue weighted by atomic mass is 10.2. The first-order valence-electron chi connectivity index (χ1n) is 4.97. The molecule has 1 aromatic rings. The van der Waals surface area contributed by atoms with Gasteiger partial charge in [-0.25, -0.2) is 0 Å². The maximum absolute atomic E-state index is 11.2. The van der Waals surface area contributed by atoms with Gasteiger partial charge in [-0.3, -0.25) is 4.21 Å². The van der Waals surface area contributed by atoms with Gasteiger partial charge in [0, 0.05) is 28.9 Å². The summed E-state index contributed by atoms with van der Waals surface area (Å²) in [5.74, 6) is 2.31. The highest BCUT2D eigenvalue weighted by molar-refractivity contribution is 9.10. The second-order valence-electron chi connectivity index (χ2n) is 3.25. The minimum atomic E-state index is -0.697. The predicted octanol–water partition coefficient (Wildman–Crippen LogP) is 2.46. The molecule has 0 radical (unpaired) electrons. The fourth-order valence-electron chi connectivity index (χ4n) is 1.20. The molecule has 5 heteroatoms. The minimum absolute atomic E-state index is 0.158. The molecule has 0 amide bonds. The van der Waals surface area contributed by atoms with E-state index in [4.69, 9.17) is 4.42 Å². The van der Waals surface area contributed by atoms with Gasteiger partial charge in [0.1, 0.15) is 5.76 Å². The zero-order valence-corrected chi connectivity index (χ0v) is 11.4. The molecule has 0 aromatic carbocycles. The van der Waals surface area contributed by atoms with E-state index < -0.39 is 10.8 Å². The van der Waals surface area contributed by atoms with Gasteiger partial charge in [-0.2, -0.15) is 0 Å². The number of furan rings is 1. The molecule has 0 aliphatic rings. The van der Waals surface area contributed by atoms with Crippen molar-refractivity contribution in [2.24, 2.45) is 0 Å². The summed E-state index contributed by atoms with van der Waals surface area (Å²) in [6.45, 7) is 4.71. The van der Waals surface area contributed by atoms with Crippen LogP contribution in [-0.4, -0.2) is 22.3 Å². The van der Waals surface area contributed by atoms with Crippen molar-refractivity contribution < 1.29 is 8.63 Å². The highest BCUT2D eigenvalue weighted by Gasteiger charge is 2.08. The SMILES string of the molecule is CCS(=O)CCNC(C)c1ccc(Br)o1. The summed E-state index contributed by atoms with van der Waals surface area (Å²) >= 11 is 3.26. The average molecular weight is 294 g/mol. The van der Waals surface area contributed by atoms with Gasteiger partial charge in [-0.15, -0.1) is 0 Å². The second kappa shape index (κ2) is 6.45. The van der Waals surface area contributed by atoms with Crippen LogP contribution >= 0.6 is 15.9 Å². The maximum atomic E-state index is 11.2. The molecule has 1 aromatic heterocycles. The summed E-state index contributed by atoms with van der Waals surface area (Å²) in [5.41, 5.74) is 0. The summed E-state index contributed by atoms with van der Waals surface area (Å²) in [6.07, 6.45) is 0. The largest absolute Gasteiger partial charge is 0.453 e. The summed E-state index contributed by atoms with van der Waals surface area (Å²) in [4.78, 5) is 0. The van der Waals surface area contributed by atoms with E-state index >= 15 is 0 Å². The van der Waals surface area contributed by atoms with Crippen LogP contribution in [0.2, 0.25) is 0 Å². The molecule has 0 fully saturated rings. The Morgan fingerprint density at radius 1 is 1.60 bits per heavy atom. The Morgan fingerprint density at radius 2 is 2.33 bits per heavy atom. The lowest BCUT2D eigenvalue weighted by Gasteiger charge is -2.10. The molecule has 3 nitrogen and oxygen atoms in total. The van der Waals surface area contributed by atoms with Crippen molar-refractivity contribution in [3.63, 3.8) is 0 Å². The molecule has 1 rings (SSSR count). The minimum Gasteiger partial charge on any atom is -0.453 e. The molecule has 0 spiro atoms. The molecule has 0 saturated heterocycles. The molecule has 0 bridgehead atoms. The Balaban J connectivity index is 2.30. The van der Waals surface area contributed by atoms with Gasteiger partial charge in [-0.05, 0) is 35.0 Å². The Labute approximate surface area is 101 Å². The van der Waals surface area contributed by atoms with Crippen molar-refractivity contribution in [2.75, 3.05) is 18.1 Å². The van der Waals surface area contributed by atoms with Gasteiger partial charge in [0.2, 0.25) is 0 Å². The second-order valence-corrected chi connectivity index (χ2v) is 5.90. The fraction of sp³-hybridized carbons (Fsp3) is 0.600. The van der Waals surface area contributed by atoms with Crippen LogP contribution in [-0.2, 0) is 10.8 Å². The van der Waals surface area contributed by atoms with Crippen molar-refractivity contribution in [3.8, 4) is 0 Å². The third-order valence-corrected chi connectivity index (χ3v) is 3.85. The summed E-state index contributed by atoms with van der Waals surface area (Å²) in [5, 5.41) is 3.27. The third-order valence-electron chi connectivity index (χ3n) is 2.12. The molecule has 0 aliphatic heterocycles. The van der Waals surface area contributed by atoms with E-state index in [0.29, 0.717) is 5.75 Å². The third kappa shape index (κ3) is 4.49. The quantitative estimate of drug-likeness (QED) is 0.876. The zero-order chi connectivity index (χ0) is 11.3. The summed E-state index contributed by atoms with van der Waals surface area (Å²) < 4.78 is 17.3. The highest BCUT2D eigenvalue weighted by Crippen LogP contribution is 2.19. The molecular weight excluding hydrogens is 278 g/mol. The van der Waals surface area contributed by atoms with Gasteiger partial charge < -0.3 is 9.73 Å². The van der Waals surface area contributed by atoms with Crippen LogP contribution in [0.5, 0.6) is 0 Å². The van der Waals surface area contributed by atoms with Gasteiger partial charge in [-0.1, -0.05) is 6.92 Å². The van der Waals surface area contributed by atoms with Crippen molar-refractivity contribution in [2.45, 2.75) is 19.9 Å². The van der Waals surface area contributed by atoms with Crippen LogP contribution in [0, 0.1) is 0 Å². The first-order chi connectivity index (χ1) is 7.13. The van der Waals surface area contributed by atoms with E-state index in [2.05, 4.69) is 21.2 Å². The van der Waals surface area contributed by atoms with E-state index in [9.17, 15) is 4.21 Å². The Morgan fingerprint density at radius 3 is 2.87 bits per heavy atom. The Hall–Kier alpha value is -0.130. The zero-order valence-electron chi connectivity index (χ0n) is 8.96. The predicted molar refractivity (Wildman–Crippen MR) is 66.4 cm³/mol. The maximum Gasteiger partial charge on any atom is 0.169 e. The lowest BCUT2D eigenvalue weighted by molar-refractivity contribution is 0.424. The van der Waals surface area contributed by atoms with Crippen LogP contribution < -0.4 is 5.32 Å². The van der Waals surface area contributed by atoms with Crippen molar-refractivity contribution in [3.05, 3.63) is 22.6 Å². The smallest absolute Gasteiger partial charge is 0.169 e. The molecule has 15 heavy (non-hydrogen) atoms. The number of rotatable bonds is 6. The van der Waals surface area contributed by atoms with Crippen LogP contribution in [0.3, 0.4) is 0 Å². The van der Waals surface area contributed by atoms with Crippen LogP contribution in [0.1, 0.15) is 25.6 Å². The van der Waals surface area contributed by atoms with E-state index in [-0.39, 0.29) is 6.04 Å².